The highest BCUT2D eigenvalue weighted by Gasteiger charge is 2.44. The van der Waals surface area contributed by atoms with Crippen LogP contribution in [-0.2, 0) is 20.9 Å². The summed E-state index contributed by atoms with van der Waals surface area (Å²) >= 11 is 0. The molecule has 16 heteroatoms. The molecule has 16 nitrogen and oxygen atoms in total. The van der Waals surface area contributed by atoms with E-state index in [1.54, 1.807) is 23.2 Å². The van der Waals surface area contributed by atoms with E-state index in [2.05, 4.69) is 37.2 Å². The van der Waals surface area contributed by atoms with E-state index in [0.717, 1.165) is 53.3 Å². The fourth-order valence-electron chi connectivity index (χ4n) is 8.49. The Morgan fingerprint density at radius 2 is 1.57 bits per heavy atom. The molecule has 0 spiro atoms. The number of urea groups is 1. The SMILES string of the molecule is N#Cc1ccc(NC2CCC(N(C(=O)NCc3ccccc3)c3ccc(N4CCN(C(=O)CNc5ccc6c(c5)C(=O)N(C5CCC(=O)NC5=O)C6=O)CC4)cc3)CC2)nc1. The van der Waals surface area contributed by atoms with E-state index >= 15 is 0 Å². The average molecular weight is 823 g/mol. The number of pyridine rings is 1. The fourth-order valence-corrected chi connectivity index (χ4v) is 8.49. The van der Waals surface area contributed by atoms with Crippen LogP contribution in [0.3, 0.4) is 0 Å². The highest BCUT2D eigenvalue weighted by molar-refractivity contribution is 6.23. The Hall–Kier alpha value is -7.28. The Labute approximate surface area is 352 Å². The molecule has 1 aliphatic carbocycles. The highest BCUT2D eigenvalue weighted by Crippen LogP contribution is 2.32. The summed E-state index contributed by atoms with van der Waals surface area (Å²) in [5.41, 5.74) is 4.12. The van der Waals surface area contributed by atoms with Gasteiger partial charge in [0.1, 0.15) is 17.9 Å². The van der Waals surface area contributed by atoms with Gasteiger partial charge in [0, 0.05) is 74.5 Å². The molecule has 4 N–H and O–H groups in total. The van der Waals surface area contributed by atoms with E-state index in [1.807, 2.05) is 65.6 Å². The number of anilines is 4. The fraction of sp³-hybridized carbons (Fsp3) is 0.333. The molecule has 3 aliphatic heterocycles. The number of nitriles is 1. The molecule has 0 radical (unpaired) electrons. The van der Waals surface area contributed by atoms with Gasteiger partial charge in [-0.25, -0.2) is 9.78 Å². The van der Waals surface area contributed by atoms with Gasteiger partial charge in [-0.2, -0.15) is 5.26 Å². The van der Waals surface area contributed by atoms with Crippen molar-refractivity contribution in [3.63, 3.8) is 0 Å². The quantitative estimate of drug-likeness (QED) is 0.158. The molecule has 7 amide bonds. The number of carbonyl (C=O) groups excluding carboxylic acids is 6. The monoisotopic (exact) mass is 822 g/mol. The molecule has 312 valence electrons. The standard InChI is InChI=1S/C45H46N10O6/c46-25-30-6-18-39(48-27-30)50-31-7-10-34(11-8-31)54(45(61)49-26-29-4-2-1-3-5-29)35-14-12-33(13-15-35)52-20-22-53(23-21-52)41(57)28-47-32-9-16-36-37(24-32)44(60)55(43(36)59)38-17-19-40(56)51-42(38)58/h1-6,9,12-16,18,24,27,31,34,38,47H,7-8,10-11,17,19-23,26,28H2,(H,48,50)(H,49,61)(H,51,56,58). The van der Waals surface area contributed by atoms with Crippen LogP contribution in [0.2, 0.25) is 0 Å². The molecule has 3 aromatic carbocycles. The van der Waals surface area contributed by atoms with Gasteiger partial charge in [0.2, 0.25) is 17.7 Å². The van der Waals surface area contributed by atoms with Crippen molar-refractivity contribution in [2.45, 2.75) is 63.2 Å². The van der Waals surface area contributed by atoms with Crippen LogP contribution in [0.15, 0.2) is 91.1 Å². The topological polar surface area (TPSA) is 200 Å². The Morgan fingerprint density at radius 1 is 0.836 bits per heavy atom. The number of rotatable bonds is 11. The first kappa shape index (κ1) is 40.5. The number of imide groups is 2. The van der Waals surface area contributed by atoms with Gasteiger partial charge in [-0.3, -0.25) is 39.1 Å². The van der Waals surface area contributed by atoms with E-state index < -0.39 is 29.7 Å². The number of nitrogens with one attached hydrogen (secondary N) is 4. The van der Waals surface area contributed by atoms with Gasteiger partial charge in [-0.05, 0) is 92.3 Å². The number of fused-ring (bicyclic) bond motifs is 1. The van der Waals surface area contributed by atoms with Crippen LogP contribution in [0.25, 0.3) is 0 Å². The minimum Gasteiger partial charge on any atom is -0.376 e. The summed E-state index contributed by atoms with van der Waals surface area (Å²) in [4.78, 5) is 88.6. The third kappa shape index (κ3) is 9.01. The maximum atomic E-state index is 13.9. The zero-order chi connectivity index (χ0) is 42.5. The van der Waals surface area contributed by atoms with Crippen molar-refractivity contribution in [3.05, 3.63) is 113 Å². The third-order valence-corrected chi connectivity index (χ3v) is 11.8. The molecular weight excluding hydrogens is 777 g/mol. The lowest BCUT2D eigenvalue weighted by molar-refractivity contribution is -0.136. The molecule has 1 saturated carbocycles. The van der Waals surface area contributed by atoms with Crippen LogP contribution in [0.1, 0.15) is 70.4 Å². The average Bonchev–Trinajstić information content (AvgIpc) is 3.54. The van der Waals surface area contributed by atoms with Crippen molar-refractivity contribution in [1.29, 1.82) is 5.26 Å². The molecule has 1 unspecified atom stereocenters. The number of hydrogen-bond acceptors (Lipinski definition) is 11. The summed E-state index contributed by atoms with van der Waals surface area (Å²) in [6.45, 7) is 2.63. The molecule has 1 aromatic heterocycles. The third-order valence-electron chi connectivity index (χ3n) is 11.8. The van der Waals surface area contributed by atoms with E-state index in [0.29, 0.717) is 44.0 Å². The van der Waals surface area contributed by atoms with Crippen LogP contribution in [0.4, 0.5) is 27.7 Å². The number of nitrogens with zero attached hydrogens (tertiary/aromatic N) is 6. The van der Waals surface area contributed by atoms with Crippen LogP contribution in [-0.4, -0.2) is 101 Å². The lowest BCUT2D eigenvalue weighted by Gasteiger charge is -2.38. The predicted octanol–water partition coefficient (Wildman–Crippen LogP) is 4.25. The van der Waals surface area contributed by atoms with Gasteiger partial charge in [-0.1, -0.05) is 30.3 Å². The second-order valence-electron chi connectivity index (χ2n) is 15.7. The maximum absolute atomic E-state index is 13.9. The van der Waals surface area contributed by atoms with E-state index in [-0.39, 0.29) is 54.5 Å². The summed E-state index contributed by atoms with van der Waals surface area (Å²) in [5.74, 6) is -1.68. The van der Waals surface area contributed by atoms with Gasteiger partial charge in [0.05, 0.1) is 23.2 Å². The molecular formula is C45H46N10O6. The van der Waals surface area contributed by atoms with Crippen LogP contribution < -0.4 is 31.1 Å². The lowest BCUT2D eigenvalue weighted by atomic mass is 9.90. The molecule has 4 heterocycles. The largest absolute Gasteiger partial charge is 0.376 e. The van der Waals surface area contributed by atoms with Gasteiger partial charge >= 0.3 is 6.03 Å². The molecule has 8 rings (SSSR count). The maximum Gasteiger partial charge on any atom is 0.322 e. The summed E-state index contributed by atoms with van der Waals surface area (Å²) < 4.78 is 0. The zero-order valence-electron chi connectivity index (χ0n) is 33.5. The van der Waals surface area contributed by atoms with Gasteiger partial charge in [-0.15, -0.1) is 0 Å². The van der Waals surface area contributed by atoms with Crippen LogP contribution in [0, 0.1) is 11.3 Å². The van der Waals surface area contributed by atoms with Crippen molar-refractivity contribution in [1.82, 2.24) is 25.4 Å². The van der Waals surface area contributed by atoms with E-state index in [9.17, 15) is 28.8 Å². The number of carbonyl (C=O) groups is 6. The van der Waals surface area contributed by atoms with Crippen LogP contribution in [0.5, 0.6) is 0 Å². The molecule has 4 aromatic rings. The number of amides is 7. The molecule has 61 heavy (non-hydrogen) atoms. The molecule has 4 aliphatic rings. The summed E-state index contributed by atoms with van der Waals surface area (Å²) in [6.07, 6.45) is 4.97. The van der Waals surface area contributed by atoms with Gasteiger partial charge in [0.25, 0.3) is 11.8 Å². The molecule has 1 atom stereocenters. The molecule has 3 fully saturated rings. The summed E-state index contributed by atoms with van der Waals surface area (Å²) in [5, 5.41) is 21.0. The summed E-state index contributed by atoms with van der Waals surface area (Å²) in [7, 11) is 0. The van der Waals surface area contributed by atoms with Crippen molar-refractivity contribution >= 4 is 58.4 Å². The van der Waals surface area contributed by atoms with E-state index in [1.165, 1.54) is 12.1 Å². The highest BCUT2D eigenvalue weighted by atomic mass is 16.2. The lowest BCUT2D eigenvalue weighted by Crippen LogP contribution is -2.54. The minimum atomic E-state index is -1.05. The predicted molar refractivity (Wildman–Crippen MR) is 227 cm³/mol. The molecule has 2 saturated heterocycles. The van der Waals surface area contributed by atoms with Crippen molar-refractivity contribution in [3.8, 4) is 6.07 Å². The number of aromatic nitrogens is 1. The second-order valence-corrected chi connectivity index (χ2v) is 15.7. The summed E-state index contributed by atoms with van der Waals surface area (Å²) in [6, 6.07) is 27.2. The van der Waals surface area contributed by atoms with Crippen molar-refractivity contribution in [2.75, 3.05) is 53.2 Å². The first-order valence-electron chi connectivity index (χ1n) is 20.6. The van der Waals surface area contributed by atoms with Gasteiger partial charge in [0.15, 0.2) is 0 Å². The smallest absolute Gasteiger partial charge is 0.322 e. The number of benzene rings is 3. The number of piperidine rings is 1. The minimum absolute atomic E-state index is 0.0101. The molecule has 0 bridgehead atoms. The Kier molecular flexibility index (Phi) is 11.9. The normalized spacial score (nSPS) is 20.0. The van der Waals surface area contributed by atoms with Crippen molar-refractivity contribution < 1.29 is 28.8 Å². The van der Waals surface area contributed by atoms with Gasteiger partial charge < -0.3 is 25.8 Å². The van der Waals surface area contributed by atoms with Crippen LogP contribution >= 0.6 is 0 Å². The Balaban J connectivity index is 0.853. The number of hydrogen-bond donors (Lipinski definition) is 4. The van der Waals surface area contributed by atoms with Crippen molar-refractivity contribution in [2.24, 2.45) is 0 Å². The second kappa shape index (κ2) is 17.9. The Morgan fingerprint density at radius 3 is 2.26 bits per heavy atom. The zero-order valence-corrected chi connectivity index (χ0v) is 33.5. The first-order valence-corrected chi connectivity index (χ1v) is 20.6. The first-order chi connectivity index (χ1) is 29.6. The Bertz CT molecular complexity index is 2350. The van der Waals surface area contributed by atoms with E-state index in [4.69, 9.17) is 5.26 Å². The number of piperazine rings is 1.